The van der Waals surface area contributed by atoms with Crippen LogP contribution < -0.4 is 4.72 Å². The first-order valence-electron chi connectivity index (χ1n) is 5.77. The van der Waals surface area contributed by atoms with Crippen molar-refractivity contribution in [3.05, 3.63) is 0 Å². The SMILES string of the molecule is CC(=O)N1CCN(C(=O)CCNS(C)(=O)=O)CC1. The Morgan fingerprint density at radius 3 is 2.06 bits per heavy atom. The van der Waals surface area contributed by atoms with Gasteiger partial charge in [0.15, 0.2) is 0 Å². The summed E-state index contributed by atoms with van der Waals surface area (Å²) in [6.45, 7) is 3.73. The third-order valence-electron chi connectivity index (χ3n) is 2.78. The van der Waals surface area contributed by atoms with Crippen LogP contribution in [0.5, 0.6) is 0 Å². The lowest BCUT2D eigenvalue weighted by molar-refractivity contribution is -0.138. The molecule has 8 heteroatoms. The zero-order valence-corrected chi connectivity index (χ0v) is 11.5. The molecule has 1 aliphatic rings. The Hall–Kier alpha value is -1.15. The molecular formula is C10H19N3O4S. The molecule has 0 unspecified atom stereocenters. The van der Waals surface area contributed by atoms with Crippen LogP contribution in [0.25, 0.3) is 0 Å². The van der Waals surface area contributed by atoms with E-state index in [-0.39, 0.29) is 24.8 Å². The summed E-state index contributed by atoms with van der Waals surface area (Å²) in [7, 11) is -3.24. The van der Waals surface area contributed by atoms with Crippen LogP contribution in [0.1, 0.15) is 13.3 Å². The Balaban J connectivity index is 2.30. The maximum atomic E-state index is 11.7. The first-order chi connectivity index (χ1) is 8.29. The first kappa shape index (κ1) is 14.9. The average Bonchev–Trinajstić information content (AvgIpc) is 2.27. The molecule has 0 radical (unpaired) electrons. The molecule has 0 atom stereocenters. The van der Waals surface area contributed by atoms with Crippen molar-refractivity contribution >= 4 is 21.8 Å². The van der Waals surface area contributed by atoms with Crippen molar-refractivity contribution < 1.29 is 18.0 Å². The summed E-state index contributed by atoms with van der Waals surface area (Å²) >= 11 is 0. The second kappa shape index (κ2) is 6.14. The van der Waals surface area contributed by atoms with Gasteiger partial charge in [-0.2, -0.15) is 0 Å². The van der Waals surface area contributed by atoms with Crippen molar-refractivity contribution in [3.63, 3.8) is 0 Å². The normalized spacial score (nSPS) is 16.8. The minimum Gasteiger partial charge on any atom is -0.339 e. The molecule has 1 saturated heterocycles. The number of nitrogens with zero attached hydrogens (tertiary/aromatic N) is 2. The zero-order chi connectivity index (χ0) is 13.8. The highest BCUT2D eigenvalue weighted by atomic mass is 32.2. The lowest BCUT2D eigenvalue weighted by Crippen LogP contribution is -2.50. The monoisotopic (exact) mass is 277 g/mol. The fraction of sp³-hybridized carbons (Fsp3) is 0.800. The molecule has 1 heterocycles. The van der Waals surface area contributed by atoms with Crippen molar-refractivity contribution in [2.45, 2.75) is 13.3 Å². The van der Waals surface area contributed by atoms with Gasteiger partial charge < -0.3 is 9.80 Å². The maximum absolute atomic E-state index is 11.7. The Morgan fingerprint density at radius 1 is 1.11 bits per heavy atom. The molecule has 104 valence electrons. The summed E-state index contributed by atoms with van der Waals surface area (Å²) in [6.07, 6.45) is 1.20. The van der Waals surface area contributed by atoms with Gasteiger partial charge in [-0.25, -0.2) is 13.1 Å². The fourth-order valence-electron chi connectivity index (χ4n) is 1.77. The van der Waals surface area contributed by atoms with Gasteiger partial charge in [0.2, 0.25) is 21.8 Å². The zero-order valence-electron chi connectivity index (χ0n) is 10.7. The number of nitrogens with one attached hydrogen (secondary N) is 1. The lowest BCUT2D eigenvalue weighted by Gasteiger charge is -2.34. The molecule has 7 nitrogen and oxygen atoms in total. The van der Waals surface area contributed by atoms with E-state index in [1.807, 2.05) is 0 Å². The molecule has 1 fully saturated rings. The van der Waals surface area contributed by atoms with Crippen molar-refractivity contribution in [2.75, 3.05) is 39.0 Å². The van der Waals surface area contributed by atoms with Crippen molar-refractivity contribution in [1.82, 2.24) is 14.5 Å². The highest BCUT2D eigenvalue weighted by Crippen LogP contribution is 2.03. The van der Waals surface area contributed by atoms with Crippen LogP contribution in [0.4, 0.5) is 0 Å². The second-order valence-electron chi connectivity index (χ2n) is 4.30. The van der Waals surface area contributed by atoms with Gasteiger partial charge >= 0.3 is 0 Å². The van der Waals surface area contributed by atoms with E-state index < -0.39 is 10.0 Å². The predicted molar refractivity (Wildman–Crippen MR) is 66.3 cm³/mol. The number of hydrogen-bond acceptors (Lipinski definition) is 4. The van der Waals surface area contributed by atoms with Crippen molar-refractivity contribution in [3.8, 4) is 0 Å². The van der Waals surface area contributed by atoms with E-state index in [1.54, 1.807) is 9.80 Å². The number of carbonyl (C=O) groups excluding carboxylic acids is 2. The van der Waals surface area contributed by atoms with Gasteiger partial charge in [-0.3, -0.25) is 9.59 Å². The number of carbonyl (C=O) groups is 2. The fourth-order valence-corrected chi connectivity index (χ4v) is 2.25. The minimum absolute atomic E-state index is 0.0147. The van der Waals surface area contributed by atoms with Gasteiger partial charge in [-0.1, -0.05) is 0 Å². The maximum Gasteiger partial charge on any atom is 0.224 e. The van der Waals surface area contributed by atoms with E-state index in [0.717, 1.165) is 6.26 Å². The summed E-state index contributed by atoms with van der Waals surface area (Å²) in [5, 5.41) is 0. The van der Waals surface area contributed by atoms with E-state index >= 15 is 0 Å². The van der Waals surface area contributed by atoms with E-state index in [0.29, 0.717) is 26.2 Å². The van der Waals surface area contributed by atoms with E-state index in [2.05, 4.69) is 4.72 Å². The third kappa shape index (κ3) is 5.01. The first-order valence-corrected chi connectivity index (χ1v) is 7.66. The van der Waals surface area contributed by atoms with Crippen LogP contribution in [-0.2, 0) is 19.6 Å². The Bertz CT molecular complexity index is 413. The van der Waals surface area contributed by atoms with Gasteiger partial charge in [0, 0.05) is 46.1 Å². The molecule has 0 aromatic carbocycles. The van der Waals surface area contributed by atoms with E-state index in [1.165, 1.54) is 6.92 Å². The molecule has 1 aliphatic heterocycles. The summed E-state index contributed by atoms with van der Waals surface area (Å²) < 4.78 is 23.9. The van der Waals surface area contributed by atoms with Crippen molar-refractivity contribution in [2.24, 2.45) is 0 Å². The molecule has 0 aromatic rings. The number of rotatable bonds is 4. The molecule has 0 bridgehead atoms. The van der Waals surface area contributed by atoms with Gasteiger partial charge in [0.1, 0.15) is 0 Å². The summed E-state index contributed by atoms with van der Waals surface area (Å²) in [5.74, 6) is -0.0739. The van der Waals surface area contributed by atoms with Gasteiger partial charge in [0.25, 0.3) is 0 Å². The van der Waals surface area contributed by atoms with E-state index in [9.17, 15) is 18.0 Å². The largest absolute Gasteiger partial charge is 0.339 e. The van der Waals surface area contributed by atoms with Crippen LogP contribution in [0.3, 0.4) is 0 Å². The Labute approximate surface area is 107 Å². The Kier molecular flexibility index (Phi) is 5.09. The average molecular weight is 277 g/mol. The highest BCUT2D eigenvalue weighted by Gasteiger charge is 2.21. The van der Waals surface area contributed by atoms with Crippen LogP contribution in [0.2, 0.25) is 0 Å². The molecular weight excluding hydrogens is 258 g/mol. The molecule has 0 aromatic heterocycles. The van der Waals surface area contributed by atoms with Crippen LogP contribution in [-0.4, -0.2) is 69.0 Å². The number of amides is 2. The molecule has 18 heavy (non-hydrogen) atoms. The highest BCUT2D eigenvalue weighted by molar-refractivity contribution is 7.88. The minimum atomic E-state index is -3.24. The van der Waals surface area contributed by atoms with Crippen molar-refractivity contribution in [1.29, 1.82) is 0 Å². The third-order valence-corrected chi connectivity index (χ3v) is 3.51. The second-order valence-corrected chi connectivity index (χ2v) is 6.14. The molecule has 0 spiro atoms. The summed E-state index contributed by atoms with van der Waals surface area (Å²) in [4.78, 5) is 26.2. The molecule has 1 N–H and O–H groups in total. The van der Waals surface area contributed by atoms with E-state index in [4.69, 9.17) is 0 Å². The van der Waals surface area contributed by atoms with Crippen LogP contribution in [0, 0.1) is 0 Å². The topological polar surface area (TPSA) is 86.8 Å². The lowest BCUT2D eigenvalue weighted by atomic mass is 10.3. The standard InChI is InChI=1S/C10H19N3O4S/c1-9(14)12-5-7-13(8-6-12)10(15)3-4-11-18(2,16)17/h11H,3-8H2,1-2H3. The van der Waals surface area contributed by atoms with Gasteiger partial charge in [-0.15, -0.1) is 0 Å². The predicted octanol–water partition coefficient (Wildman–Crippen LogP) is -1.38. The molecule has 0 saturated carbocycles. The van der Waals surface area contributed by atoms with Gasteiger partial charge in [-0.05, 0) is 0 Å². The van der Waals surface area contributed by atoms with Crippen LogP contribution in [0.15, 0.2) is 0 Å². The van der Waals surface area contributed by atoms with Crippen LogP contribution >= 0.6 is 0 Å². The number of sulfonamides is 1. The number of hydrogen-bond donors (Lipinski definition) is 1. The van der Waals surface area contributed by atoms with Gasteiger partial charge in [0.05, 0.1) is 6.26 Å². The number of piperazine rings is 1. The molecule has 2 amide bonds. The quantitative estimate of drug-likeness (QED) is 0.686. The smallest absolute Gasteiger partial charge is 0.224 e. The molecule has 0 aliphatic carbocycles. The summed E-state index contributed by atoms with van der Waals surface area (Å²) in [6, 6.07) is 0. The Morgan fingerprint density at radius 2 is 1.61 bits per heavy atom. The summed E-state index contributed by atoms with van der Waals surface area (Å²) in [5.41, 5.74) is 0. The molecule has 1 rings (SSSR count).